The molecule has 0 aliphatic carbocycles. The molecule has 37 heavy (non-hydrogen) atoms. The SMILES string of the molecule is CCCn1c(N2CC(C)OC(C)C2)c(/C=C2\SC(=S)N(Cc3ccc(F)cc3)C2=O)c(C)c(C#N)c1=O. The lowest BCUT2D eigenvalue weighted by molar-refractivity contribution is -0.122. The van der Waals surface area contributed by atoms with Crippen molar-refractivity contribution in [3.8, 4) is 6.07 Å². The van der Waals surface area contributed by atoms with Gasteiger partial charge in [0.2, 0.25) is 0 Å². The van der Waals surface area contributed by atoms with Gasteiger partial charge in [-0.05, 0) is 56.5 Å². The second-order valence-corrected chi connectivity index (χ2v) is 11.0. The monoisotopic (exact) mass is 540 g/mol. The van der Waals surface area contributed by atoms with Gasteiger partial charge < -0.3 is 9.64 Å². The van der Waals surface area contributed by atoms with Crippen molar-refractivity contribution >= 4 is 46.1 Å². The summed E-state index contributed by atoms with van der Waals surface area (Å²) in [6.07, 6.45) is 2.36. The largest absolute Gasteiger partial charge is 0.372 e. The molecule has 0 bridgehead atoms. The zero-order valence-electron chi connectivity index (χ0n) is 21.3. The number of morpholine rings is 1. The van der Waals surface area contributed by atoms with Gasteiger partial charge in [-0.3, -0.25) is 19.1 Å². The summed E-state index contributed by atoms with van der Waals surface area (Å²) in [6.45, 7) is 9.52. The van der Waals surface area contributed by atoms with E-state index in [0.29, 0.717) is 52.2 Å². The number of nitriles is 1. The number of amides is 1. The number of aromatic nitrogens is 1. The molecular formula is C27H29FN4O3S2. The maximum absolute atomic E-state index is 13.4. The number of carbonyl (C=O) groups excluding carboxylic acids is 1. The number of thiocarbonyl (C=S) groups is 1. The predicted molar refractivity (Wildman–Crippen MR) is 148 cm³/mol. The Labute approximate surface area is 225 Å². The first-order chi connectivity index (χ1) is 17.6. The molecule has 4 rings (SSSR count). The van der Waals surface area contributed by atoms with Crippen LogP contribution in [0.1, 0.15) is 49.4 Å². The molecule has 0 radical (unpaired) electrons. The quantitative estimate of drug-likeness (QED) is 0.392. The van der Waals surface area contributed by atoms with E-state index in [1.165, 1.54) is 28.8 Å². The first-order valence-electron chi connectivity index (χ1n) is 12.2. The minimum absolute atomic E-state index is 0.0494. The van der Waals surface area contributed by atoms with Gasteiger partial charge in [-0.2, -0.15) is 5.26 Å². The number of halogens is 1. The summed E-state index contributed by atoms with van der Waals surface area (Å²) < 4.78 is 21.3. The summed E-state index contributed by atoms with van der Waals surface area (Å²) in [5.41, 5.74) is 1.69. The van der Waals surface area contributed by atoms with Crippen molar-refractivity contribution in [2.24, 2.45) is 0 Å². The number of hydrogen-bond donors (Lipinski definition) is 0. The fraction of sp³-hybridized carbons (Fsp3) is 0.407. The van der Waals surface area contributed by atoms with Gasteiger partial charge in [-0.25, -0.2) is 4.39 Å². The summed E-state index contributed by atoms with van der Waals surface area (Å²) in [6, 6.07) is 8.03. The van der Waals surface area contributed by atoms with Gasteiger partial charge in [-0.1, -0.05) is 43.0 Å². The molecule has 1 aromatic carbocycles. The zero-order valence-corrected chi connectivity index (χ0v) is 22.9. The van der Waals surface area contributed by atoms with Crippen molar-refractivity contribution in [3.05, 3.63) is 67.6 Å². The molecule has 2 unspecified atom stereocenters. The highest BCUT2D eigenvalue weighted by atomic mass is 32.2. The van der Waals surface area contributed by atoms with Crippen LogP contribution in [0.2, 0.25) is 0 Å². The molecule has 2 aliphatic rings. The Morgan fingerprint density at radius 1 is 1.22 bits per heavy atom. The molecule has 2 aromatic rings. The number of hydrogen-bond acceptors (Lipinski definition) is 7. The van der Waals surface area contributed by atoms with E-state index in [-0.39, 0.29) is 41.6 Å². The third kappa shape index (κ3) is 5.49. The fourth-order valence-electron chi connectivity index (χ4n) is 4.81. The molecule has 1 amide bonds. The average molecular weight is 541 g/mol. The van der Waals surface area contributed by atoms with Crippen molar-refractivity contribution in [2.75, 3.05) is 18.0 Å². The second-order valence-electron chi connectivity index (χ2n) is 9.36. The highest BCUT2D eigenvalue weighted by Crippen LogP contribution is 2.37. The van der Waals surface area contributed by atoms with Gasteiger partial charge in [-0.15, -0.1) is 0 Å². The highest BCUT2D eigenvalue weighted by molar-refractivity contribution is 8.26. The molecule has 0 spiro atoms. The van der Waals surface area contributed by atoms with Crippen LogP contribution in [0.3, 0.4) is 0 Å². The summed E-state index contributed by atoms with van der Waals surface area (Å²) in [7, 11) is 0. The summed E-state index contributed by atoms with van der Waals surface area (Å²) in [5, 5.41) is 9.84. The van der Waals surface area contributed by atoms with E-state index in [9.17, 15) is 19.2 Å². The molecule has 0 N–H and O–H groups in total. The lowest BCUT2D eigenvalue weighted by atomic mass is 10.0. The highest BCUT2D eigenvalue weighted by Gasteiger charge is 2.34. The number of ether oxygens (including phenoxy) is 1. The van der Waals surface area contributed by atoms with Crippen molar-refractivity contribution in [1.29, 1.82) is 5.26 Å². The number of benzene rings is 1. The first-order valence-corrected chi connectivity index (χ1v) is 13.4. The Kier molecular flexibility index (Phi) is 8.17. The number of thioether (sulfide) groups is 1. The Hall–Kier alpha value is -3.00. The van der Waals surface area contributed by atoms with Crippen molar-refractivity contribution in [1.82, 2.24) is 9.47 Å². The van der Waals surface area contributed by atoms with Gasteiger partial charge in [0.05, 0.1) is 23.7 Å². The van der Waals surface area contributed by atoms with Crippen LogP contribution < -0.4 is 10.5 Å². The standard InChI is InChI=1S/C27H29FN4O3S2/c1-5-10-31-24(30-13-16(2)35-17(3)14-30)21(18(4)22(12-29)25(31)33)11-23-26(34)32(27(36)37-23)15-19-6-8-20(28)9-7-19/h6-9,11,16-17H,5,10,13-15H2,1-4H3/b23-11-. The summed E-state index contributed by atoms with van der Waals surface area (Å²) in [5.74, 6) is 0.0774. The van der Waals surface area contributed by atoms with E-state index >= 15 is 0 Å². The molecule has 2 fully saturated rings. The van der Waals surface area contributed by atoms with E-state index in [1.54, 1.807) is 29.7 Å². The molecule has 1 aromatic heterocycles. The molecule has 0 saturated carbocycles. The van der Waals surface area contributed by atoms with Crippen molar-refractivity contribution in [3.63, 3.8) is 0 Å². The van der Waals surface area contributed by atoms with Crippen molar-refractivity contribution < 1.29 is 13.9 Å². The van der Waals surface area contributed by atoms with Gasteiger partial charge in [0.25, 0.3) is 11.5 Å². The van der Waals surface area contributed by atoms with Crippen LogP contribution >= 0.6 is 24.0 Å². The number of anilines is 1. The predicted octanol–water partition coefficient (Wildman–Crippen LogP) is 4.59. The average Bonchev–Trinajstić information content (AvgIpc) is 3.10. The minimum atomic E-state index is -0.348. The lowest BCUT2D eigenvalue weighted by Gasteiger charge is -2.39. The third-order valence-electron chi connectivity index (χ3n) is 6.42. The van der Waals surface area contributed by atoms with Crippen LogP contribution in [0, 0.1) is 24.1 Å². The van der Waals surface area contributed by atoms with E-state index in [4.69, 9.17) is 17.0 Å². The molecular weight excluding hydrogens is 511 g/mol. The van der Waals surface area contributed by atoms with Gasteiger partial charge >= 0.3 is 0 Å². The minimum Gasteiger partial charge on any atom is -0.372 e. The molecule has 10 heteroatoms. The fourth-order valence-corrected chi connectivity index (χ4v) is 6.04. The smallest absolute Gasteiger partial charge is 0.270 e. The number of rotatable bonds is 6. The van der Waals surface area contributed by atoms with Crippen LogP contribution in [0.25, 0.3) is 6.08 Å². The van der Waals surface area contributed by atoms with E-state index in [0.717, 1.165) is 5.56 Å². The number of nitrogens with zero attached hydrogens (tertiary/aromatic N) is 4. The zero-order chi connectivity index (χ0) is 26.9. The molecule has 3 heterocycles. The number of pyridine rings is 1. The van der Waals surface area contributed by atoms with Crippen LogP contribution in [-0.4, -0.2) is 45.0 Å². The number of carbonyl (C=O) groups is 1. The van der Waals surface area contributed by atoms with Gasteiger partial charge in [0, 0.05) is 25.2 Å². The Balaban J connectivity index is 1.83. The van der Waals surface area contributed by atoms with Crippen molar-refractivity contribution in [2.45, 2.75) is 59.4 Å². The van der Waals surface area contributed by atoms with E-state index < -0.39 is 0 Å². The summed E-state index contributed by atoms with van der Waals surface area (Å²) in [4.78, 5) is 30.8. The molecule has 2 aliphatic heterocycles. The molecule has 7 nitrogen and oxygen atoms in total. The topological polar surface area (TPSA) is 78.6 Å². The third-order valence-corrected chi connectivity index (χ3v) is 7.79. The normalized spacial score (nSPS) is 21.1. The van der Waals surface area contributed by atoms with Gasteiger partial charge in [0.1, 0.15) is 27.6 Å². The molecule has 2 atom stereocenters. The first kappa shape index (κ1) is 27.0. The van der Waals surface area contributed by atoms with Gasteiger partial charge in [0.15, 0.2) is 0 Å². The summed E-state index contributed by atoms with van der Waals surface area (Å²) >= 11 is 6.70. The molecule has 194 valence electrons. The maximum Gasteiger partial charge on any atom is 0.270 e. The lowest BCUT2D eigenvalue weighted by Crippen LogP contribution is -2.48. The van der Waals surface area contributed by atoms with Crippen LogP contribution in [0.15, 0.2) is 34.0 Å². The Morgan fingerprint density at radius 3 is 2.46 bits per heavy atom. The van der Waals surface area contributed by atoms with Crippen LogP contribution in [-0.2, 0) is 22.6 Å². The Morgan fingerprint density at radius 2 is 1.86 bits per heavy atom. The van der Waals surface area contributed by atoms with E-state index in [2.05, 4.69) is 11.0 Å². The van der Waals surface area contributed by atoms with Crippen LogP contribution in [0.4, 0.5) is 10.2 Å². The second kappa shape index (κ2) is 11.2. The molecule has 2 saturated heterocycles. The maximum atomic E-state index is 13.4. The van der Waals surface area contributed by atoms with Crippen LogP contribution in [0.5, 0.6) is 0 Å². The Bertz CT molecular complexity index is 1350. The van der Waals surface area contributed by atoms with E-state index in [1.807, 2.05) is 20.8 Å².